The van der Waals surface area contributed by atoms with Gasteiger partial charge in [0, 0.05) is 25.2 Å². The van der Waals surface area contributed by atoms with E-state index in [4.69, 9.17) is 16.3 Å². The Labute approximate surface area is 156 Å². The van der Waals surface area contributed by atoms with Crippen LogP contribution in [0.3, 0.4) is 0 Å². The monoisotopic (exact) mass is 368 g/mol. The molecule has 0 atom stereocenters. The van der Waals surface area contributed by atoms with E-state index < -0.39 is 0 Å². The maximum Gasteiger partial charge on any atom is 0.266 e. The highest BCUT2D eigenvalue weighted by atomic mass is 35.5. The van der Waals surface area contributed by atoms with Crippen LogP contribution in [0.4, 0.5) is 11.6 Å². The minimum Gasteiger partial charge on any atom is -0.484 e. The molecule has 0 N–H and O–H groups in total. The largest absolute Gasteiger partial charge is 0.484 e. The van der Waals surface area contributed by atoms with Gasteiger partial charge in [0.25, 0.3) is 5.91 Å². The van der Waals surface area contributed by atoms with E-state index in [1.165, 1.54) is 0 Å². The first kappa shape index (κ1) is 16.6. The van der Waals surface area contributed by atoms with Crippen molar-refractivity contribution in [2.45, 2.75) is 0 Å². The molecule has 2 heterocycles. The van der Waals surface area contributed by atoms with Gasteiger partial charge in [0.15, 0.2) is 18.2 Å². The van der Waals surface area contributed by atoms with Crippen LogP contribution in [0.15, 0.2) is 48.5 Å². The molecule has 6 nitrogen and oxygen atoms in total. The maximum absolute atomic E-state index is 12.7. The van der Waals surface area contributed by atoms with Gasteiger partial charge in [0.05, 0.1) is 11.0 Å². The second-order valence-corrected chi connectivity index (χ2v) is 6.51. The van der Waals surface area contributed by atoms with E-state index in [1.807, 2.05) is 36.2 Å². The van der Waals surface area contributed by atoms with Crippen molar-refractivity contribution in [3.8, 4) is 5.75 Å². The Hall–Kier alpha value is -2.86. The number of halogens is 1. The molecule has 0 saturated heterocycles. The number of hydrogen-bond donors (Lipinski definition) is 0. The lowest BCUT2D eigenvalue weighted by Gasteiger charge is -2.33. The van der Waals surface area contributed by atoms with E-state index in [1.54, 1.807) is 29.2 Å². The van der Waals surface area contributed by atoms with Crippen LogP contribution in [0.1, 0.15) is 0 Å². The second-order valence-electron chi connectivity index (χ2n) is 6.07. The third kappa shape index (κ3) is 3.15. The number of hydrogen-bond acceptors (Lipinski definition) is 5. The molecule has 2 aromatic carbocycles. The fraction of sp³-hybridized carbons (Fsp3) is 0.211. The van der Waals surface area contributed by atoms with E-state index in [9.17, 15) is 4.79 Å². The molecular formula is C19H17ClN4O2. The lowest BCUT2D eigenvalue weighted by atomic mass is 10.2. The second kappa shape index (κ2) is 6.80. The third-order valence-electron chi connectivity index (χ3n) is 4.29. The molecule has 4 rings (SSSR count). The number of anilines is 2. The Balaban J connectivity index is 1.59. The summed E-state index contributed by atoms with van der Waals surface area (Å²) in [6.45, 7) is 1.16. The average molecular weight is 369 g/mol. The zero-order chi connectivity index (χ0) is 18.1. The van der Waals surface area contributed by atoms with Gasteiger partial charge in [-0.2, -0.15) is 0 Å². The highest BCUT2D eigenvalue weighted by molar-refractivity contribution is 6.30. The molecule has 26 heavy (non-hydrogen) atoms. The van der Waals surface area contributed by atoms with Gasteiger partial charge >= 0.3 is 0 Å². The molecule has 7 heteroatoms. The van der Waals surface area contributed by atoms with Crippen LogP contribution >= 0.6 is 11.6 Å². The zero-order valence-electron chi connectivity index (χ0n) is 14.2. The van der Waals surface area contributed by atoms with Gasteiger partial charge in [-0.25, -0.2) is 9.97 Å². The van der Waals surface area contributed by atoms with Crippen molar-refractivity contribution in [1.82, 2.24) is 9.97 Å². The SMILES string of the molecule is CN1CCN(C(=O)COc2ccc(Cl)cc2)c2nc3ccccc3nc21. The average Bonchev–Trinajstić information content (AvgIpc) is 2.66. The third-order valence-corrected chi connectivity index (χ3v) is 4.54. The van der Waals surface area contributed by atoms with Crippen LogP contribution in [0, 0.1) is 0 Å². The Kier molecular flexibility index (Phi) is 4.34. The van der Waals surface area contributed by atoms with Crippen molar-refractivity contribution in [3.63, 3.8) is 0 Å². The van der Waals surface area contributed by atoms with Gasteiger partial charge in [-0.05, 0) is 36.4 Å². The topological polar surface area (TPSA) is 58.6 Å². The summed E-state index contributed by atoms with van der Waals surface area (Å²) in [6, 6.07) is 14.6. The summed E-state index contributed by atoms with van der Waals surface area (Å²) in [5.74, 6) is 1.72. The summed E-state index contributed by atoms with van der Waals surface area (Å²) < 4.78 is 5.59. The van der Waals surface area contributed by atoms with Gasteiger partial charge in [0.1, 0.15) is 5.75 Å². The highest BCUT2D eigenvalue weighted by Gasteiger charge is 2.28. The molecule has 0 aliphatic carbocycles. The normalized spacial score (nSPS) is 13.6. The Morgan fingerprint density at radius 2 is 1.69 bits per heavy atom. The van der Waals surface area contributed by atoms with Crippen molar-refractivity contribution >= 4 is 40.2 Å². The van der Waals surface area contributed by atoms with E-state index in [-0.39, 0.29) is 12.5 Å². The predicted octanol–water partition coefficient (Wildman–Crippen LogP) is 3.15. The van der Waals surface area contributed by atoms with Crippen LogP contribution in [0.25, 0.3) is 11.0 Å². The minimum absolute atomic E-state index is 0.0701. The van der Waals surface area contributed by atoms with Crippen molar-refractivity contribution in [3.05, 3.63) is 53.6 Å². The van der Waals surface area contributed by atoms with Gasteiger partial charge in [-0.3, -0.25) is 9.69 Å². The molecule has 1 aliphatic rings. The van der Waals surface area contributed by atoms with Crippen molar-refractivity contribution < 1.29 is 9.53 Å². The number of amides is 1. The number of carbonyl (C=O) groups excluding carboxylic acids is 1. The van der Waals surface area contributed by atoms with Crippen LogP contribution in [-0.2, 0) is 4.79 Å². The van der Waals surface area contributed by atoms with Gasteiger partial charge in [-0.15, -0.1) is 0 Å². The Morgan fingerprint density at radius 1 is 1.04 bits per heavy atom. The van der Waals surface area contributed by atoms with Crippen molar-refractivity contribution in [2.75, 3.05) is 36.5 Å². The molecular weight excluding hydrogens is 352 g/mol. The van der Waals surface area contributed by atoms with Gasteiger partial charge in [-0.1, -0.05) is 23.7 Å². The number of aromatic nitrogens is 2. The Morgan fingerprint density at radius 3 is 2.38 bits per heavy atom. The number of rotatable bonds is 3. The lowest BCUT2D eigenvalue weighted by molar-refractivity contribution is -0.120. The quantitative estimate of drug-likeness (QED) is 0.710. The van der Waals surface area contributed by atoms with Gasteiger partial charge in [0.2, 0.25) is 0 Å². The van der Waals surface area contributed by atoms with E-state index >= 15 is 0 Å². The van der Waals surface area contributed by atoms with E-state index in [2.05, 4.69) is 9.97 Å². The van der Waals surface area contributed by atoms with E-state index in [0.29, 0.717) is 35.5 Å². The van der Waals surface area contributed by atoms with Crippen LogP contribution in [0.2, 0.25) is 5.02 Å². The fourth-order valence-corrected chi connectivity index (χ4v) is 3.00. The predicted molar refractivity (Wildman–Crippen MR) is 102 cm³/mol. The fourth-order valence-electron chi connectivity index (χ4n) is 2.88. The van der Waals surface area contributed by atoms with Crippen LogP contribution < -0.4 is 14.5 Å². The molecule has 3 aromatic rings. The first-order chi connectivity index (χ1) is 12.6. The number of benzene rings is 2. The van der Waals surface area contributed by atoms with Gasteiger partial charge < -0.3 is 9.64 Å². The van der Waals surface area contributed by atoms with E-state index in [0.717, 1.165) is 11.0 Å². The molecule has 1 amide bonds. The molecule has 0 saturated carbocycles. The number of nitrogens with zero attached hydrogens (tertiary/aromatic N) is 4. The molecule has 0 unspecified atom stereocenters. The van der Waals surface area contributed by atoms with Crippen molar-refractivity contribution in [1.29, 1.82) is 0 Å². The standard InChI is InChI=1S/C19H17ClN4O2/c1-23-10-11-24(17(25)12-26-14-8-6-13(20)7-9-14)19-18(23)21-15-4-2-3-5-16(15)22-19/h2-9H,10-12H2,1H3. The first-order valence-corrected chi connectivity index (χ1v) is 8.66. The maximum atomic E-state index is 12.7. The smallest absolute Gasteiger partial charge is 0.266 e. The molecule has 1 aliphatic heterocycles. The molecule has 0 spiro atoms. The summed E-state index contributed by atoms with van der Waals surface area (Å²) in [7, 11) is 1.95. The van der Waals surface area contributed by atoms with Crippen LogP contribution in [0.5, 0.6) is 5.75 Å². The summed E-state index contributed by atoms with van der Waals surface area (Å²) in [6.07, 6.45) is 0. The number of para-hydroxylation sites is 2. The number of likely N-dealkylation sites (N-methyl/N-ethyl adjacent to an activating group) is 1. The first-order valence-electron chi connectivity index (χ1n) is 8.28. The molecule has 0 bridgehead atoms. The van der Waals surface area contributed by atoms with Crippen LogP contribution in [-0.4, -0.2) is 42.6 Å². The molecule has 0 radical (unpaired) electrons. The molecule has 0 fully saturated rings. The summed E-state index contributed by atoms with van der Waals surface area (Å²) in [5, 5.41) is 0.624. The zero-order valence-corrected chi connectivity index (χ0v) is 15.0. The minimum atomic E-state index is -0.154. The molecule has 132 valence electrons. The highest BCUT2D eigenvalue weighted by Crippen LogP contribution is 2.30. The summed E-state index contributed by atoms with van der Waals surface area (Å²) in [4.78, 5) is 25.7. The summed E-state index contributed by atoms with van der Waals surface area (Å²) in [5.41, 5.74) is 1.57. The number of fused-ring (bicyclic) bond motifs is 2. The molecule has 1 aromatic heterocycles. The summed E-state index contributed by atoms with van der Waals surface area (Å²) >= 11 is 5.86. The lowest BCUT2D eigenvalue weighted by Crippen LogP contribution is -2.45. The van der Waals surface area contributed by atoms with Crippen molar-refractivity contribution in [2.24, 2.45) is 0 Å². The Bertz CT molecular complexity index is 961. The number of ether oxygens (including phenoxy) is 1. The number of carbonyl (C=O) groups is 1.